The van der Waals surface area contributed by atoms with Crippen molar-refractivity contribution >= 4 is 29.7 Å². The van der Waals surface area contributed by atoms with Crippen molar-refractivity contribution in [3.63, 3.8) is 0 Å². The van der Waals surface area contributed by atoms with Crippen LogP contribution in [0.1, 0.15) is 166 Å². The molecule has 1 unspecified atom stereocenters. The normalized spacial score (nSPS) is 25.0. The highest BCUT2D eigenvalue weighted by Gasteiger charge is 2.60. The van der Waals surface area contributed by atoms with Crippen molar-refractivity contribution in [2.45, 2.75) is 172 Å². The molecule has 3 aromatic carbocycles. The van der Waals surface area contributed by atoms with Gasteiger partial charge in [-0.25, -0.2) is 4.79 Å². The summed E-state index contributed by atoms with van der Waals surface area (Å²) >= 11 is 1.46. The van der Waals surface area contributed by atoms with E-state index in [0.717, 1.165) is 36.0 Å². The number of thioether (sulfide) groups is 1. The van der Waals surface area contributed by atoms with Crippen LogP contribution in [0.25, 0.3) is 0 Å². The third-order valence-electron chi connectivity index (χ3n) is 15.5. The maximum absolute atomic E-state index is 15.1. The van der Waals surface area contributed by atoms with Crippen molar-refractivity contribution in [1.82, 2.24) is 15.5 Å². The lowest BCUT2D eigenvalue weighted by atomic mass is 9.74. The summed E-state index contributed by atoms with van der Waals surface area (Å²) < 4.78 is 42.6. The summed E-state index contributed by atoms with van der Waals surface area (Å²) in [6.07, 6.45) is 16.0. The number of rotatable bonds is 18. The van der Waals surface area contributed by atoms with Gasteiger partial charge in [0, 0.05) is 53.9 Å². The quantitative estimate of drug-likeness (QED) is 0.0539. The summed E-state index contributed by atoms with van der Waals surface area (Å²) in [5, 5.41) is 31.2. The standard InChI is InChI=1S/C54H71N3O12S/c1-7-8-9-10-11-12-13-14-15-16-17-18-19-20-40(59)69-39-25-33-21-22-55-54(35(33)26-38(39)63-5)28-70-51-43-42(50-49(66-29-67-50)31(3)48(43)68-32(4)58)37(27-65-53(54)62)57-45(51)44-41-34(24-36(56-44)52(57)61)23-30(2)47(64-6)46(41)60/h23,25-26,36-37,44-45,51-52,55-56,60-61H,7-22,24,27-29H2,1-6H3/t36-,37+,44+,45?,51+,52-,54+/m0/s1. The predicted molar refractivity (Wildman–Crippen MR) is 264 cm³/mol. The number of piperazine rings is 1. The Morgan fingerprint density at radius 1 is 0.843 bits per heavy atom. The first kappa shape index (κ1) is 50.2. The third kappa shape index (κ3) is 9.31. The van der Waals surface area contributed by atoms with E-state index < -0.39 is 53.1 Å². The molecule has 7 aliphatic rings. The smallest absolute Gasteiger partial charge is 0.331 e. The number of phenols is 1. The van der Waals surface area contributed by atoms with Crippen LogP contribution in [-0.2, 0) is 37.5 Å². The van der Waals surface area contributed by atoms with Crippen molar-refractivity contribution in [1.29, 1.82) is 0 Å². The Morgan fingerprint density at radius 3 is 2.23 bits per heavy atom. The van der Waals surface area contributed by atoms with Crippen LogP contribution in [0.15, 0.2) is 18.2 Å². The number of esters is 3. The molecule has 70 heavy (non-hydrogen) atoms. The maximum atomic E-state index is 15.1. The van der Waals surface area contributed by atoms with E-state index in [9.17, 15) is 19.8 Å². The first-order chi connectivity index (χ1) is 33.9. The fourth-order valence-corrected chi connectivity index (χ4v) is 13.8. The number of ether oxygens (including phenoxy) is 7. The number of carbonyl (C=O) groups excluding carboxylic acids is 3. The highest BCUT2D eigenvalue weighted by Crippen LogP contribution is 2.63. The molecule has 2 saturated heterocycles. The summed E-state index contributed by atoms with van der Waals surface area (Å²) in [5.74, 6) is 0.936. The van der Waals surface area contributed by atoms with Gasteiger partial charge in [0.05, 0.1) is 37.6 Å². The van der Waals surface area contributed by atoms with Crippen LogP contribution in [0, 0.1) is 13.8 Å². The molecule has 15 nitrogen and oxygen atoms in total. The molecule has 3 aromatic rings. The van der Waals surface area contributed by atoms with E-state index in [0.29, 0.717) is 88.1 Å². The Hall–Kier alpha value is -4.74. The second-order valence-electron chi connectivity index (χ2n) is 19.9. The number of phenolic OH excluding ortho intramolecular Hbond substituents is 1. The number of benzene rings is 3. The first-order valence-corrected chi connectivity index (χ1v) is 26.7. The lowest BCUT2D eigenvalue weighted by Crippen LogP contribution is -2.69. The van der Waals surface area contributed by atoms with Crippen LogP contribution < -0.4 is 39.1 Å². The van der Waals surface area contributed by atoms with Crippen molar-refractivity contribution in [2.75, 3.05) is 39.9 Å². The highest BCUT2D eigenvalue weighted by molar-refractivity contribution is 7.99. The van der Waals surface area contributed by atoms with Crippen molar-refractivity contribution < 1.29 is 57.8 Å². The average Bonchev–Trinajstić information content (AvgIpc) is 3.84. The molecule has 0 aliphatic carbocycles. The van der Waals surface area contributed by atoms with Crippen LogP contribution in [-0.4, -0.2) is 91.2 Å². The zero-order chi connectivity index (χ0) is 49.3. The van der Waals surface area contributed by atoms with Gasteiger partial charge in [0.2, 0.25) is 6.79 Å². The van der Waals surface area contributed by atoms with Crippen LogP contribution in [0.4, 0.5) is 0 Å². The van der Waals surface area contributed by atoms with E-state index in [-0.39, 0.29) is 30.9 Å². The van der Waals surface area contributed by atoms with Gasteiger partial charge in [-0.2, -0.15) is 0 Å². The molecule has 7 atom stereocenters. The van der Waals surface area contributed by atoms with Crippen LogP contribution in [0.5, 0.6) is 40.2 Å². The zero-order valence-electron chi connectivity index (χ0n) is 41.7. The number of hydrogen-bond acceptors (Lipinski definition) is 16. The van der Waals surface area contributed by atoms with Gasteiger partial charge < -0.3 is 48.7 Å². The molecule has 0 amide bonds. The molecule has 0 saturated carbocycles. The van der Waals surface area contributed by atoms with Gasteiger partial charge in [-0.15, -0.1) is 11.8 Å². The summed E-state index contributed by atoms with van der Waals surface area (Å²) in [4.78, 5) is 43.4. The summed E-state index contributed by atoms with van der Waals surface area (Å²) in [6.45, 7) is 7.46. The van der Waals surface area contributed by atoms with E-state index in [1.165, 1.54) is 97.1 Å². The molecule has 4 N–H and O–H groups in total. The number of nitrogens with one attached hydrogen (secondary N) is 2. The van der Waals surface area contributed by atoms with E-state index in [1.807, 2.05) is 30.9 Å². The molecule has 10 rings (SSSR count). The van der Waals surface area contributed by atoms with Crippen LogP contribution in [0.3, 0.4) is 0 Å². The molecule has 7 heterocycles. The average molecular weight is 986 g/mol. The monoisotopic (exact) mass is 985 g/mol. The SMILES string of the molecule is CCCCCCCCCCCCCCCC(=O)Oc1cc2c(cc1OC)[C@@]1(CS[C@@H]3c4c(OC(C)=O)c(C)c5c(c4[C@@H](COC1=O)N1C3[C@@H]3N[C@@H](Cc4cc(C)c(OC)c(O)c43)[C@@H]1O)OCO5)NCC2. The molecule has 7 aliphatic heterocycles. The minimum absolute atomic E-state index is 0.0174. The molecule has 1 spiro atoms. The fraction of sp³-hybridized carbons (Fsp3) is 0.611. The van der Waals surface area contributed by atoms with Gasteiger partial charge in [-0.1, -0.05) is 90.0 Å². The second-order valence-corrected chi connectivity index (χ2v) is 21.1. The number of fused-ring (bicyclic) bond motifs is 9. The fourth-order valence-electron chi connectivity index (χ4n) is 12.1. The lowest BCUT2D eigenvalue weighted by Gasteiger charge is -2.59. The molecule has 0 aromatic heterocycles. The highest BCUT2D eigenvalue weighted by atomic mass is 32.2. The Kier molecular flexibility index (Phi) is 15.5. The number of aromatic hydroxyl groups is 1. The van der Waals surface area contributed by atoms with Gasteiger partial charge >= 0.3 is 17.9 Å². The number of unbranched alkanes of at least 4 members (excludes halogenated alkanes) is 12. The van der Waals surface area contributed by atoms with E-state index in [4.69, 9.17) is 33.2 Å². The predicted octanol–water partition coefficient (Wildman–Crippen LogP) is 8.75. The van der Waals surface area contributed by atoms with Gasteiger partial charge in [-0.05, 0) is 67.5 Å². The van der Waals surface area contributed by atoms with Crippen molar-refractivity contribution in [2.24, 2.45) is 0 Å². The molecule has 16 heteroatoms. The molecule has 380 valence electrons. The minimum atomic E-state index is -1.41. The molecule has 4 bridgehead atoms. The van der Waals surface area contributed by atoms with Gasteiger partial charge in [0.15, 0.2) is 40.0 Å². The number of hydrogen-bond donors (Lipinski definition) is 4. The number of methoxy groups -OCH3 is 2. The van der Waals surface area contributed by atoms with Gasteiger partial charge in [-0.3, -0.25) is 19.8 Å². The Balaban J connectivity index is 1.01. The molecular weight excluding hydrogens is 915 g/mol. The number of carbonyl (C=O) groups is 3. The van der Waals surface area contributed by atoms with Crippen molar-refractivity contribution in [3.05, 3.63) is 62.7 Å². The molecule has 2 fully saturated rings. The minimum Gasteiger partial charge on any atom is -0.504 e. The Bertz CT molecular complexity index is 2460. The number of aliphatic hydroxyl groups is 1. The van der Waals surface area contributed by atoms with Gasteiger partial charge in [0.1, 0.15) is 18.6 Å². The second kappa shape index (κ2) is 21.5. The first-order valence-electron chi connectivity index (χ1n) is 25.6. The van der Waals surface area contributed by atoms with Crippen LogP contribution >= 0.6 is 11.8 Å². The van der Waals surface area contributed by atoms with Crippen LogP contribution in [0.2, 0.25) is 0 Å². The van der Waals surface area contributed by atoms with E-state index in [2.05, 4.69) is 17.6 Å². The Labute approximate surface area is 415 Å². The maximum Gasteiger partial charge on any atom is 0.331 e. The third-order valence-corrected chi connectivity index (χ3v) is 16.9. The summed E-state index contributed by atoms with van der Waals surface area (Å²) in [5.41, 5.74) is 4.23. The van der Waals surface area contributed by atoms with E-state index >= 15 is 4.79 Å². The number of nitrogens with zero attached hydrogens (tertiary/aromatic N) is 1. The summed E-state index contributed by atoms with van der Waals surface area (Å²) in [7, 11) is 3.05. The Morgan fingerprint density at radius 2 is 1.54 bits per heavy atom. The van der Waals surface area contributed by atoms with Crippen molar-refractivity contribution in [3.8, 4) is 40.2 Å². The molecule has 0 radical (unpaired) electrons. The van der Waals surface area contributed by atoms with E-state index in [1.54, 1.807) is 6.07 Å². The number of aryl methyl sites for hydroxylation is 1. The molecular formula is C54H71N3O12S. The number of aliphatic hydroxyl groups excluding tert-OH is 1. The summed E-state index contributed by atoms with van der Waals surface area (Å²) in [6, 6.07) is 3.18. The lowest BCUT2D eigenvalue weighted by molar-refractivity contribution is -0.164. The largest absolute Gasteiger partial charge is 0.504 e. The topological polar surface area (TPSA) is 184 Å². The zero-order valence-corrected chi connectivity index (χ0v) is 42.5. The van der Waals surface area contributed by atoms with Gasteiger partial charge in [0.25, 0.3) is 0 Å².